The summed E-state index contributed by atoms with van der Waals surface area (Å²) in [7, 11) is 3.26. The third kappa shape index (κ3) is 2.70. The lowest BCUT2D eigenvalue weighted by atomic mass is 10.1. The largest absolute Gasteiger partial charge is 0.496 e. The molecule has 0 heterocycles. The Labute approximate surface area is 92.3 Å². The molecule has 1 aromatic rings. The van der Waals surface area contributed by atoms with Crippen molar-refractivity contribution in [2.45, 2.75) is 6.04 Å². The van der Waals surface area contributed by atoms with Crippen LogP contribution in [-0.2, 0) is 4.74 Å². The van der Waals surface area contributed by atoms with Crippen LogP contribution in [0.2, 0.25) is 0 Å². The molecule has 4 heteroatoms. The van der Waals surface area contributed by atoms with Crippen LogP contribution >= 0.6 is 15.9 Å². The SMILES string of the molecule is COC[C@H](N)c1ccc(Br)cc1OC. The predicted molar refractivity (Wildman–Crippen MR) is 59.5 cm³/mol. The number of methoxy groups -OCH3 is 2. The summed E-state index contributed by atoms with van der Waals surface area (Å²) in [5.41, 5.74) is 6.87. The van der Waals surface area contributed by atoms with E-state index in [9.17, 15) is 0 Å². The highest BCUT2D eigenvalue weighted by atomic mass is 79.9. The number of ether oxygens (including phenoxy) is 2. The van der Waals surface area contributed by atoms with Crippen LogP contribution in [0, 0.1) is 0 Å². The summed E-state index contributed by atoms with van der Waals surface area (Å²) in [6.07, 6.45) is 0. The van der Waals surface area contributed by atoms with Crippen LogP contribution in [0.4, 0.5) is 0 Å². The van der Waals surface area contributed by atoms with Crippen LogP contribution in [0.25, 0.3) is 0 Å². The van der Waals surface area contributed by atoms with Gasteiger partial charge in [-0.1, -0.05) is 22.0 Å². The first kappa shape index (κ1) is 11.5. The van der Waals surface area contributed by atoms with Crippen LogP contribution in [0.3, 0.4) is 0 Å². The van der Waals surface area contributed by atoms with E-state index in [0.29, 0.717) is 6.61 Å². The monoisotopic (exact) mass is 259 g/mol. The molecule has 0 radical (unpaired) electrons. The first-order valence-electron chi connectivity index (χ1n) is 4.27. The standard InChI is InChI=1S/C10H14BrNO2/c1-13-6-9(12)8-4-3-7(11)5-10(8)14-2/h3-5,9H,6,12H2,1-2H3/t9-/m0/s1. The first-order valence-corrected chi connectivity index (χ1v) is 5.06. The third-order valence-electron chi connectivity index (χ3n) is 1.94. The van der Waals surface area contributed by atoms with Gasteiger partial charge in [0.05, 0.1) is 19.8 Å². The highest BCUT2D eigenvalue weighted by Crippen LogP contribution is 2.27. The van der Waals surface area contributed by atoms with Crippen LogP contribution in [0.1, 0.15) is 11.6 Å². The van der Waals surface area contributed by atoms with Gasteiger partial charge in [-0.3, -0.25) is 0 Å². The van der Waals surface area contributed by atoms with Gasteiger partial charge in [-0.15, -0.1) is 0 Å². The van der Waals surface area contributed by atoms with Gasteiger partial charge in [0.2, 0.25) is 0 Å². The Kier molecular flexibility index (Phi) is 4.38. The predicted octanol–water partition coefficient (Wildman–Crippen LogP) is 2.10. The summed E-state index contributed by atoms with van der Waals surface area (Å²) < 4.78 is 11.2. The molecule has 1 aromatic carbocycles. The lowest BCUT2D eigenvalue weighted by Gasteiger charge is -2.14. The van der Waals surface area contributed by atoms with Crippen LogP contribution < -0.4 is 10.5 Å². The molecule has 0 aliphatic heterocycles. The molecule has 14 heavy (non-hydrogen) atoms. The number of halogens is 1. The van der Waals surface area contributed by atoms with Crippen molar-refractivity contribution in [1.82, 2.24) is 0 Å². The Morgan fingerprint density at radius 1 is 1.43 bits per heavy atom. The van der Waals surface area contributed by atoms with E-state index >= 15 is 0 Å². The van der Waals surface area contributed by atoms with Crippen molar-refractivity contribution < 1.29 is 9.47 Å². The summed E-state index contributed by atoms with van der Waals surface area (Å²) in [4.78, 5) is 0. The molecule has 0 unspecified atom stereocenters. The van der Waals surface area contributed by atoms with E-state index in [1.54, 1.807) is 14.2 Å². The van der Waals surface area contributed by atoms with Gasteiger partial charge in [-0.25, -0.2) is 0 Å². The van der Waals surface area contributed by atoms with E-state index < -0.39 is 0 Å². The second-order valence-electron chi connectivity index (χ2n) is 2.95. The number of nitrogens with two attached hydrogens (primary N) is 1. The molecule has 0 aliphatic rings. The van der Waals surface area contributed by atoms with E-state index in [1.165, 1.54) is 0 Å². The van der Waals surface area contributed by atoms with Crippen molar-refractivity contribution in [2.24, 2.45) is 5.73 Å². The number of hydrogen-bond donors (Lipinski definition) is 1. The zero-order valence-electron chi connectivity index (χ0n) is 8.29. The van der Waals surface area contributed by atoms with E-state index in [2.05, 4.69) is 15.9 Å². The zero-order valence-corrected chi connectivity index (χ0v) is 9.87. The molecule has 1 atom stereocenters. The molecule has 78 valence electrons. The summed E-state index contributed by atoms with van der Waals surface area (Å²) in [5.74, 6) is 0.781. The molecule has 0 saturated carbocycles. The van der Waals surface area contributed by atoms with Crippen LogP contribution in [-0.4, -0.2) is 20.8 Å². The van der Waals surface area contributed by atoms with Crippen molar-refractivity contribution in [2.75, 3.05) is 20.8 Å². The fourth-order valence-electron chi connectivity index (χ4n) is 1.26. The Hall–Kier alpha value is -0.580. The number of hydrogen-bond acceptors (Lipinski definition) is 3. The molecular weight excluding hydrogens is 246 g/mol. The van der Waals surface area contributed by atoms with Crippen molar-refractivity contribution >= 4 is 15.9 Å². The second-order valence-corrected chi connectivity index (χ2v) is 3.86. The smallest absolute Gasteiger partial charge is 0.124 e. The molecule has 2 N–H and O–H groups in total. The molecule has 3 nitrogen and oxygen atoms in total. The summed E-state index contributed by atoms with van der Waals surface area (Å²) in [5, 5.41) is 0. The fraction of sp³-hybridized carbons (Fsp3) is 0.400. The number of benzene rings is 1. The van der Waals surface area contributed by atoms with E-state index in [1.807, 2.05) is 18.2 Å². The van der Waals surface area contributed by atoms with Gasteiger partial charge in [0.15, 0.2) is 0 Å². The average Bonchev–Trinajstić information content (AvgIpc) is 2.17. The lowest BCUT2D eigenvalue weighted by molar-refractivity contribution is 0.179. The van der Waals surface area contributed by atoms with E-state index in [-0.39, 0.29) is 6.04 Å². The van der Waals surface area contributed by atoms with Gasteiger partial charge >= 0.3 is 0 Å². The van der Waals surface area contributed by atoms with Crippen LogP contribution in [0.15, 0.2) is 22.7 Å². The maximum absolute atomic E-state index is 5.91. The van der Waals surface area contributed by atoms with E-state index in [4.69, 9.17) is 15.2 Å². The Balaban J connectivity index is 2.95. The van der Waals surface area contributed by atoms with Gasteiger partial charge in [0, 0.05) is 17.1 Å². The van der Waals surface area contributed by atoms with Gasteiger partial charge in [0.1, 0.15) is 5.75 Å². The summed E-state index contributed by atoms with van der Waals surface area (Å²) >= 11 is 3.37. The third-order valence-corrected chi connectivity index (χ3v) is 2.43. The zero-order chi connectivity index (χ0) is 10.6. The minimum atomic E-state index is -0.150. The highest BCUT2D eigenvalue weighted by molar-refractivity contribution is 9.10. The van der Waals surface area contributed by atoms with Gasteiger partial charge < -0.3 is 15.2 Å². The van der Waals surface area contributed by atoms with Crippen molar-refractivity contribution in [3.63, 3.8) is 0 Å². The molecule has 0 aromatic heterocycles. The molecule has 0 spiro atoms. The van der Waals surface area contributed by atoms with Gasteiger partial charge in [-0.2, -0.15) is 0 Å². The maximum atomic E-state index is 5.91. The Morgan fingerprint density at radius 3 is 2.71 bits per heavy atom. The molecule has 1 rings (SSSR count). The average molecular weight is 260 g/mol. The minimum Gasteiger partial charge on any atom is -0.496 e. The minimum absolute atomic E-state index is 0.150. The molecule has 0 amide bonds. The molecular formula is C10H14BrNO2. The topological polar surface area (TPSA) is 44.5 Å². The van der Waals surface area contributed by atoms with Crippen molar-refractivity contribution in [1.29, 1.82) is 0 Å². The quantitative estimate of drug-likeness (QED) is 0.901. The number of rotatable bonds is 4. The highest BCUT2D eigenvalue weighted by Gasteiger charge is 2.11. The fourth-order valence-corrected chi connectivity index (χ4v) is 1.60. The molecule has 0 saturated heterocycles. The first-order chi connectivity index (χ1) is 6.69. The summed E-state index contributed by atoms with van der Waals surface area (Å²) in [6.45, 7) is 0.484. The summed E-state index contributed by atoms with van der Waals surface area (Å²) in [6, 6.07) is 5.62. The van der Waals surface area contributed by atoms with Crippen molar-refractivity contribution in [3.8, 4) is 5.75 Å². The molecule has 0 bridgehead atoms. The molecule has 0 aliphatic carbocycles. The van der Waals surface area contributed by atoms with E-state index in [0.717, 1.165) is 15.8 Å². The Bertz CT molecular complexity index is 304. The van der Waals surface area contributed by atoms with Gasteiger partial charge in [0.25, 0.3) is 0 Å². The maximum Gasteiger partial charge on any atom is 0.124 e. The van der Waals surface area contributed by atoms with Crippen LogP contribution in [0.5, 0.6) is 5.75 Å². The Morgan fingerprint density at radius 2 is 2.14 bits per heavy atom. The molecule has 0 fully saturated rings. The second kappa shape index (κ2) is 5.34. The lowest BCUT2D eigenvalue weighted by Crippen LogP contribution is -2.16. The normalized spacial score (nSPS) is 12.6. The van der Waals surface area contributed by atoms with Gasteiger partial charge in [-0.05, 0) is 12.1 Å². The van der Waals surface area contributed by atoms with Crippen molar-refractivity contribution in [3.05, 3.63) is 28.2 Å².